The molecule has 6 heteroatoms. The van der Waals surface area contributed by atoms with Gasteiger partial charge in [0.2, 0.25) is 11.8 Å². The molecule has 6 nitrogen and oxygen atoms in total. The van der Waals surface area contributed by atoms with Gasteiger partial charge in [-0.1, -0.05) is 25.5 Å². The Morgan fingerprint density at radius 1 is 1.19 bits per heavy atom. The highest BCUT2D eigenvalue weighted by Crippen LogP contribution is 2.09. The van der Waals surface area contributed by atoms with Crippen LogP contribution in [0.5, 0.6) is 0 Å². The first kappa shape index (κ1) is 17.1. The summed E-state index contributed by atoms with van der Waals surface area (Å²) in [6.07, 6.45) is 1.92. The van der Waals surface area contributed by atoms with E-state index >= 15 is 0 Å². The minimum atomic E-state index is -0.425. The molecule has 0 fully saturated rings. The molecule has 0 aliphatic rings. The first-order valence-corrected chi connectivity index (χ1v) is 7.14. The Balaban J connectivity index is 2.53. The SMILES string of the molecule is CCCCN(CC(N)=O)CC(=O)Nc1ccc(CN)cc1. The number of carbonyl (C=O) groups is 2. The monoisotopic (exact) mass is 292 g/mol. The molecule has 0 spiro atoms. The first-order chi connectivity index (χ1) is 10.0. The molecule has 1 aromatic rings. The molecule has 0 aromatic heterocycles. The van der Waals surface area contributed by atoms with E-state index in [1.807, 2.05) is 24.3 Å². The molecular weight excluding hydrogens is 268 g/mol. The number of nitrogens with zero attached hydrogens (tertiary/aromatic N) is 1. The van der Waals surface area contributed by atoms with Crippen molar-refractivity contribution < 1.29 is 9.59 Å². The first-order valence-electron chi connectivity index (χ1n) is 7.14. The number of hydrogen-bond donors (Lipinski definition) is 3. The second kappa shape index (κ2) is 9.10. The van der Waals surface area contributed by atoms with Gasteiger partial charge in [0.25, 0.3) is 0 Å². The molecule has 0 heterocycles. The Bertz CT molecular complexity index is 459. The smallest absolute Gasteiger partial charge is 0.238 e. The van der Waals surface area contributed by atoms with Gasteiger partial charge >= 0.3 is 0 Å². The number of rotatable bonds is 9. The van der Waals surface area contributed by atoms with E-state index in [2.05, 4.69) is 12.2 Å². The second-order valence-electron chi connectivity index (χ2n) is 4.98. The molecule has 0 saturated heterocycles. The summed E-state index contributed by atoms with van der Waals surface area (Å²) in [7, 11) is 0. The number of nitrogens with two attached hydrogens (primary N) is 2. The van der Waals surface area contributed by atoms with Crippen molar-refractivity contribution in [3.8, 4) is 0 Å². The normalized spacial score (nSPS) is 10.6. The summed E-state index contributed by atoms with van der Waals surface area (Å²) >= 11 is 0. The summed E-state index contributed by atoms with van der Waals surface area (Å²) in [5.41, 5.74) is 12.4. The van der Waals surface area contributed by atoms with Crippen LogP contribution in [0.1, 0.15) is 25.3 Å². The summed E-state index contributed by atoms with van der Waals surface area (Å²) in [4.78, 5) is 24.8. The Labute approximate surface area is 125 Å². The summed E-state index contributed by atoms with van der Waals surface area (Å²) in [6.45, 7) is 3.46. The Hall–Kier alpha value is -1.92. The molecule has 5 N–H and O–H groups in total. The van der Waals surface area contributed by atoms with Gasteiger partial charge in [0.15, 0.2) is 0 Å². The van der Waals surface area contributed by atoms with E-state index in [4.69, 9.17) is 11.5 Å². The predicted molar refractivity (Wildman–Crippen MR) is 83.5 cm³/mol. The van der Waals surface area contributed by atoms with Gasteiger partial charge in [-0.05, 0) is 30.7 Å². The highest BCUT2D eigenvalue weighted by molar-refractivity contribution is 5.92. The lowest BCUT2D eigenvalue weighted by Crippen LogP contribution is -2.39. The number of nitrogens with one attached hydrogen (secondary N) is 1. The Morgan fingerprint density at radius 2 is 1.86 bits per heavy atom. The average Bonchev–Trinajstić information content (AvgIpc) is 2.45. The van der Waals surface area contributed by atoms with Crippen LogP contribution in [0.3, 0.4) is 0 Å². The van der Waals surface area contributed by atoms with Gasteiger partial charge in [0, 0.05) is 12.2 Å². The highest BCUT2D eigenvalue weighted by Gasteiger charge is 2.12. The maximum atomic E-state index is 12.0. The van der Waals surface area contributed by atoms with Crippen LogP contribution >= 0.6 is 0 Å². The lowest BCUT2D eigenvalue weighted by Gasteiger charge is -2.19. The zero-order valence-corrected chi connectivity index (χ0v) is 12.5. The Morgan fingerprint density at radius 3 is 2.38 bits per heavy atom. The van der Waals surface area contributed by atoms with Crippen molar-refractivity contribution >= 4 is 17.5 Å². The topological polar surface area (TPSA) is 101 Å². The van der Waals surface area contributed by atoms with E-state index in [1.165, 1.54) is 0 Å². The zero-order chi connectivity index (χ0) is 15.7. The van der Waals surface area contributed by atoms with Gasteiger partial charge in [-0.25, -0.2) is 0 Å². The van der Waals surface area contributed by atoms with Crippen LogP contribution in [-0.2, 0) is 16.1 Å². The van der Waals surface area contributed by atoms with Crippen molar-refractivity contribution in [3.63, 3.8) is 0 Å². The van der Waals surface area contributed by atoms with Crippen LogP contribution < -0.4 is 16.8 Å². The summed E-state index contributed by atoms with van der Waals surface area (Å²) < 4.78 is 0. The number of anilines is 1. The molecule has 0 aliphatic heterocycles. The second-order valence-corrected chi connectivity index (χ2v) is 4.98. The fraction of sp³-hybridized carbons (Fsp3) is 0.467. The minimum Gasteiger partial charge on any atom is -0.369 e. The van der Waals surface area contributed by atoms with Crippen LogP contribution in [0.4, 0.5) is 5.69 Å². The quantitative estimate of drug-likeness (QED) is 0.622. The predicted octanol–water partition coefficient (Wildman–Crippen LogP) is 0.671. The fourth-order valence-corrected chi connectivity index (χ4v) is 1.94. The van der Waals surface area contributed by atoms with Crippen LogP contribution in [0.25, 0.3) is 0 Å². The van der Waals surface area contributed by atoms with Crippen molar-refractivity contribution in [2.45, 2.75) is 26.3 Å². The van der Waals surface area contributed by atoms with Gasteiger partial charge in [-0.3, -0.25) is 14.5 Å². The van der Waals surface area contributed by atoms with Gasteiger partial charge in [-0.15, -0.1) is 0 Å². The van der Waals surface area contributed by atoms with Crippen molar-refractivity contribution in [1.29, 1.82) is 0 Å². The molecule has 0 atom stereocenters. The van der Waals surface area contributed by atoms with E-state index < -0.39 is 5.91 Å². The lowest BCUT2D eigenvalue weighted by molar-refractivity contribution is -0.121. The molecule has 1 aromatic carbocycles. The van der Waals surface area contributed by atoms with Gasteiger partial charge in [0.1, 0.15) is 0 Å². The summed E-state index contributed by atoms with van der Waals surface area (Å²) in [5.74, 6) is -0.584. The number of benzene rings is 1. The molecule has 0 bridgehead atoms. The van der Waals surface area contributed by atoms with Crippen molar-refractivity contribution in [3.05, 3.63) is 29.8 Å². The van der Waals surface area contributed by atoms with Gasteiger partial charge < -0.3 is 16.8 Å². The van der Waals surface area contributed by atoms with Crippen LogP contribution in [0, 0.1) is 0 Å². The standard InChI is InChI=1S/C15H24N4O2/c1-2-3-8-19(10-14(17)20)11-15(21)18-13-6-4-12(9-16)5-7-13/h4-7H,2-3,8-11,16H2,1H3,(H2,17,20)(H,18,21). The molecule has 116 valence electrons. The Kier molecular flexibility index (Phi) is 7.42. The molecule has 2 amide bonds. The van der Waals surface area contributed by atoms with Crippen molar-refractivity contribution in [2.75, 3.05) is 25.0 Å². The molecule has 0 saturated carbocycles. The summed E-state index contributed by atoms with van der Waals surface area (Å²) in [6, 6.07) is 7.36. The number of unbranched alkanes of at least 4 members (excludes halogenated alkanes) is 1. The summed E-state index contributed by atoms with van der Waals surface area (Å²) in [5, 5.41) is 2.80. The van der Waals surface area contributed by atoms with Crippen molar-refractivity contribution in [2.24, 2.45) is 11.5 Å². The maximum absolute atomic E-state index is 12.0. The van der Waals surface area contributed by atoms with E-state index in [1.54, 1.807) is 4.90 Å². The van der Waals surface area contributed by atoms with Crippen molar-refractivity contribution in [1.82, 2.24) is 4.90 Å². The molecule has 0 aliphatic carbocycles. The third-order valence-corrected chi connectivity index (χ3v) is 3.05. The number of primary amides is 1. The minimum absolute atomic E-state index is 0.0968. The van der Waals surface area contributed by atoms with E-state index in [0.717, 1.165) is 18.4 Å². The largest absolute Gasteiger partial charge is 0.369 e. The zero-order valence-electron chi connectivity index (χ0n) is 12.5. The average molecular weight is 292 g/mol. The van der Waals surface area contributed by atoms with Gasteiger partial charge in [-0.2, -0.15) is 0 Å². The van der Waals surface area contributed by atoms with E-state index in [9.17, 15) is 9.59 Å². The number of hydrogen-bond acceptors (Lipinski definition) is 4. The molecule has 0 radical (unpaired) electrons. The lowest BCUT2D eigenvalue weighted by atomic mass is 10.2. The third-order valence-electron chi connectivity index (χ3n) is 3.05. The van der Waals surface area contributed by atoms with Gasteiger partial charge in [0.05, 0.1) is 13.1 Å². The molecule has 1 rings (SSSR count). The van der Waals surface area contributed by atoms with E-state index in [-0.39, 0.29) is 19.0 Å². The van der Waals surface area contributed by atoms with Crippen LogP contribution in [0.15, 0.2) is 24.3 Å². The number of amides is 2. The highest BCUT2D eigenvalue weighted by atomic mass is 16.2. The van der Waals surface area contributed by atoms with Crippen LogP contribution in [-0.4, -0.2) is 36.3 Å². The van der Waals surface area contributed by atoms with E-state index in [0.29, 0.717) is 18.8 Å². The maximum Gasteiger partial charge on any atom is 0.238 e. The molecule has 0 unspecified atom stereocenters. The molecular formula is C15H24N4O2. The van der Waals surface area contributed by atoms with Crippen LogP contribution in [0.2, 0.25) is 0 Å². The fourth-order valence-electron chi connectivity index (χ4n) is 1.94. The number of carbonyl (C=O) groups excluding carboxylic acids is 2. The third kappa shape index (κ3) is 6.87. The molecule has 21 heavy (non-hydrogen) atoms.